The number of primary amides is 1. The highest BCUT2D eigenvalue weighted by atomic mass is 19.4. The van der Waals surface area contributed by atoms with Crippen molar-refractivity contribution in [3.05, 3.63) is 30.0 Å². The Hall–Kier alpha value is -3.24. The predicted octanol–water partition coefficient (Wildman–Crippen LogP) is 1.56. The zero-order chi connectivity index (χ0) is 22.2. The Kier molecular flexibility index (Phi) is 5.64. The number of rotatable bonds is 5. The van der Waals surface area contributed by atoms with Gasteiger partial charge in [-0.25, -0.2) is 0 Å². The highest BCUT2D eigenvalue weighted by Crippen LogP contribution is 2.37. The third-order valence-corrected chi connectivity index (χ3v) is 5.19. The van der Waals surface area contributed by atoms with Crippen LogP contribution in [-0.2, 0) is 9.59 Å². The molecule has 1 fully saturated rings. The summed E-state index contributed by atoms with van der Waals surface area (Å²) in [5.74, 6) is -3.83. The average molecular weight is 426 g/mol. The summed E-state index contributed by atoms with van der Waals surface area (Å²) in [6.45, 7) is 0.643. The van der Waals surface area contributed by atoms with Crippen LogP contribution in [0.3, 0.4) is 0 Å². The van der Waals surface area contributed by atoms with Gasteiger partial charge in [0.15, 0.2) is 0 Å². The lowest BCUT2D eigenvalue weighted by Crippen LogP contribution is -2.51. The van der Waals surface area contributed by atoms with E-state index < -0.39 is 54.9 Å². The summed E-state index contributed by atoms with van der Waals surface area (Å²) in [5, 5.41) is 2.85. The number of carbonyl (C=O) groups is 3. The van der Waals surface area contributed by atoms with Gasteiger partial charge >= 0.3 is 6.18 Å². The first-order chi connectivity index (χ1) is 14.0. The topological polar surface area (TPSA) is 118 Å². The van der Waals surface area contributed by atoms with E-state index in [1.807, 2.05) is 0 Å². The van der Waals surface area contributed by atoms with Gasteiger partial charge in [0.25, 0.3) is 5.91 Å². The number of carbonyl (C=O) groups excluding carboxylic acids is 3. The minimum Gasteiger partial charge on any atom is -0.496 e. The Morgan fingerprint density at radius 2 is 2.03 bits per heavy atom. The van der Waals surface area contributed by atoms with E-state index in [-0.39, 0.29) is 5.69 Å². The second-order valence-corrected chi connectivity index (χ2v) is 7.18. The smallest absolute Gasteiger partial charge is 0.393 e. The first-order valence-electron chi connectivity index (χ1n) is 9.16. The summed E-state index contributed by atoms with van der Waals surface area (Å²) in [4.78, 5) is 40.5. The molecule has 0 saturated carbocycles. The van der Waals surface area contributed by atoms with Crippen LogP contribution in [0.4, 0.5) is 13.2 Å². The van der Waals surface area contributed by atoms with Crippen LogP contribution in [-0.4, -0.2) is 59.5 Å². The van der Waals surface area contributed by atoms with Gasteiger partial charge in [-0.3, -0.25) is 14.4 Å². The minimum absolute atomic E-state index is 0.0260. The molecule has 30 heavy (non-hydrogen) atoms. The van der Waals surface area contributed by atoms with E-state index in [2.05, 4.69) is 10.3 Å². The maximum Gasteiger partial charge on any atom is 0.393 e. The van der Waals surface area contributed by atoms with Gasteiger partial charge in [0.05, 0.1) is 13.0 Å². The maximum atomic E-state index is 13.3. The number of halogens is 3. The van der Waals surface area contributed by atoms with Crippen molar-refractivity contribution in [3.8, 4) is 5.75 Å². The molecule has 1 aliphatic heterocycles. The number of alkyl halides is 3. The Morgan fingerprint density at radius 1 is 1.33 bits per heavy atom. The van der Waals surface area contributed by atoms with Crippen LogP contribution in [0.1, 0.15) is 23.8 Å². The van der Waals surface area contributed by atoms with Gasteiger partial charge in [-0.1, -0.05) is 6.07 Å². The number of methoxy groups -OCH3 is 1. The largest absolute Gasteiger partial charge is 0.496 e. The number of hydrogen-bond donors (Lipinski definition) is 3. The van der Waals surface area contributed by atoms with Gasteiger partial charge in [0, 0.05) is 17.4 Å². The maximum absolute atomic E-state index is 13.3. The summed E-state index contributed by atoms with van der Waals surface area (Å²) < 4.78 is 45.2. The zero-order valence-corrected chi connectivity index (χ0v) is 16.2. The molecular formula is C19H21F3N4O4. The van der Waals surface area contributed by atoms with Gasteiger partial charge in [0.2, 0.25) is 11.8 Å². The van der Waals surface area contributed by atoms with E-state index in [4.69, 9.17) is 10.5 Å². The number of amides is 3. The van der Waals surface area contributed by atoms with E-state index in [0.29, 0.717) is 16.7 Å². The zero-order valence-electron chi connectivity index (χ0n) is 16.2. The summed E-state index contributed by atoms with van der Waals surface area (Å²) >= 11 is 0. The van der Waals surface area contributed by atoms with Crippen molar-refractivity contribution in [2.45, 2.75) is 31.6 Å². The molecule has 1 unspecified atom stereocenters. The van der Waals surface area contributed by atoms with Gasteiger partial charge in [-0.05, 0) is 31.5 Å². The molecule has 11 heteroatoms. The number of nitrogens with one attached hydrogen (secondary N) is 2. The van der Waals surface area contributed by atoms with Gasteiger partial charge in [-0.2, -0.15) is 13.2 Å². The molecule has 1 aromatic carbocycles. The van der Waals surface area contributed by atoms with Gasteiger partial charge in [0.1, 0.15) is 23.5 Å². The summed E-state index contributed by atoms with van der Waals surface area (Å²) in [7, 11) is 1.46. The summed E-state index contributed by atoms with van der Waals surface area (Å²) in [5.41, 5.74) is 5.69. The van der Waals surface area contributed by atoms with Crippen molar-refractivity contribution in [3.63, 3.8) is 0 Å². The number of H-pyrrole nitrogens is 1. The Morgan fingerprint density at radius 3 is 2.63 bits per heavy atom. The molecule has 0 radical (unpaired) electrons. The van der Waals surface area contributed by atoms with Crippen LogP contribution in [0.2, 0.25) is 0 Å². The Labute approximate surface area is 169 Å². The molecule has 3 atom stereocenters. The predicted molar refractivity (Wildman–Crippen MR) is 101 cm³/mol. The van der Waals surface area contributed by atoms with Crippen LogP contribution in [0.5, 0.6) is 5.75 Å². The number of hydrogen-bond acceptors (Lipinski definition) is 4. The Bertz CT molecular complexity index is 988. The number of ether oxygens (including phenoxy) is 1. The van der Waals surface area contributed by atoms with Gasteiger partial charge < -0.3 is 25.7 Å². The first kappa shape index (κ1) is 21.5. The molecule has 3 amide bonds. The molecule has 1 saturated heterocycles. The monoisotopic (exact) mass is 426 g/mol. The molecule has 4 N–H and O–H groups in total. The standard InChI is InChI=1S/C19H21F3N4O4/c1-9(16(23)27)24-17(28)14-6-10(19(20,21)22)8-26(14)18(29)13-7-11-12(25-13)4-3-5-15(11)30-2/h3-5,7,9-10,14,25H,6,8H2,1-2H3,(H2,23,27)(H,24,28)/t9?,10-,14+/m1/s1. The van der Waals surface area contributed by atoms with Crippen molar-refractivity contribution in [1.29, 1.82) is 0 Å². The second kappa shape index (κ2) is 7.88. The fourth-order valence-corrected chi connectivity index (χ4v) is 3.50. The van der Waals surface area contributed by atoms with E-state index in [1.165, 1.54) is 20.1 Å². The van der Waals surface area contributed by atoms with Crippen molar-refractivity contribution in [2.24, 2.45) is 11.7 Å². The van der Waals surface area contributed by atoms with Crippen molar-refractivity contribution in [2.75, 3.05) is 13.7 Å². The molecule has 0 spiro atoms. The van der Waals surface area contributed by atoms with Crippen molar-refractivity contribution in [1.82, 2.24) is 15.2 Å². The van der Waals surface area contributed by atoms with E-state index in [1.54, 1.807) is 18.2 Å². The molecule has 0 bridgehead atoms. The normalized spacial score (nSPS) is 20.2. The summed E-state index contributed by atoms with van der Waals surface area (Å²) in [6, 6.07) is 4.06. The molecule has 1 aliphatic rings. The number of fused-ring (bicyclic) bond motifs is 1. The lowest BCUT2D eigenvalue weighted by molar-refractivity contribution is -0.170. The molecule has 8 nitrogen and oxygen atoms in total. The summed E-state index contributed by atoms with van der Waals surface area (Å²) in [6.07, 6.45) is -5.18. The molecule has 2 heterocycles. The molecule has 2 aromatic rings. The molecular weight excluding hydrogens is 405 g/mol. The fourth-order valence-electron chi connectivity index (χ4n) is 3.50. The minimum atomic E-state index is -4.58. The van der Waals surface area contributed by atoms with E-state index >= 15 is 0 Å². The molecule has 1 aromatic heterocycles. The lowest BCUT2D eigenvalue weighted by Gasteiger charge is -2.24. The highest BCUT2D eigenvalue weighted by molar-refractivity contribution is 6.02. The van der Waals surface area contributed by atoms with Crippen LogP contribution < -0.4 is 15.8 Å². The van der Waals surface area contributed by atoms with Crippen LogP contribution in [0.15, 0.2) is 24.3 Å². The third-order valence-electron chi connectivity index (χ3n) is 5.19. The van der Waals surface area contributed by atoms with Crippen molar-refractivity contribution >= 4 is 28.6 Å². The van der Waals surface area contributed by atoms with Crippen LogP contribution in [0.25, 0.3) is 10.9 Å². The SMILES string of the molecule is COc1cccc2[nH]c(C(=O)N3C[C@H](C(F)(F)F)C[C@H]3C(=O)NC(C)C(N)=O)cc12. The number of benzene rings is 1. The second-order valence-electron chi connectivity index (χ2n) is 7.18. The number of aromatic amines is 1. The quantitative estimate of drug-likeness (QED) is 0.673. The van der Waals surface area contributed by atoms with E-state index in [9.17, 15) is 27.6 Å². The Balaban J connectivity index is 1.92. The van der Waals surface area contributed by atoms with Crippen LogP contribution >= 0.6 is 0 Å². The number of aromatic nitrogens is 1. The average Bonchev–Trinajstić information content (AvgIpc) is 3.31. The van der Waals surface area contributed by atoms with Crippen LogP contribution in [0, 0.1) is 5.92 Å². The fraction of sp³-hybridized carbons (Fsp3) is 0.421. The highest BCUT2D eigenvalue weighted by Gasteiger charge is 2.51. The number of nitrogens with zero attached hydrogens (tertiary/aromatic N) is 1. The third kappa shape index (κ3) is 4.05. The molecule has 3 rings (SSSR count). The van der Waals surface area contributed by atoms with Gasteiger partial charge in [-0.15, -0.1) is 0 Å². The molecule has 162 valence electrons. The molecule has 0 aliphatic carbocycles. The first-order valence-corrected chi connectivity index (χ1v) is 9.16. The van der Waals surface area contributed by atoms with E-state index in [0.717, 1.165) is 4.90 Å². The number of nitrogens with two attached hydrogens (primary N) is 1. The van der Waals surface area contributed by atoms with Crippen molar-refractivity contribution < 1.29 is 32.3 Å². The number of likely N-dealkylation sites (tertiary alicyclic amines) is 1. The lowest BCUT2D eigenvalue weighted by atomic mass is 10.0.